The monoisotopic (exact) mass is 361 g/mol. The fourth-order valence-corrected chi connectivity index (χ4v) is 3.20. The molecule has 1 saturated heterocycles. The molecule has 0 bridgehead atoms. The van der Waals surface area contributed by atoms with E-state index in [4.69, 9.17) is 9.72 Å². The van der Waals surface area contributed by atoms with E-state index in [0.717, 1.165) is 44.2 Å². The largest absolute Gasteiger partial charge is 0.369 e. The third-order valence-electron chi connectivity index (χ3n) is 4.62. The van der Waals surface area contributed by atoms with Crippen molar-refractivity contribution < 1.29 is 4.74 Å². The molecule has 0 spiro atoms. The van der Waals surface area contributed by atoms with Crippen LogP contribution in [0.25, 0.3) is 0 Å². The molecule has 1 N–H and O–H groups in total. The zero-order valence-corrected chi connectivity index (χ0v) is 15.2. The van der Waals surface area contributed by atoms with Crippen molar-refractivity contribution in [3.05, 3.63) is 78.2 Å². The second kappa shape index (κ2) is 8.70. The molecule has 1 atom stereocenters. The Balaban J connectivity index is 1.38. The van der Waals surface area contributed by atoms with Gasteiger partial charge in [0.05, 0.1) is 12.3 Å². The highest BCUT2D eigenvalue weighted by Crippen LogP contribution is 2.22. The minimum atomic E-state index is -0.0204. The molecule has 1 aromatic carbocycles. The van der Waals surface area contributed by atoms with E-state index in [1.54, 1.807) is 18.5 Å². The summed E-state index contributed by atoms with van der Waals surface area (Å²) in [7, 11) is 0. The number of nitrogens with one attached hydrogen (secondary N) is 1. The molecule has 0 aliphatic carbocycles. The summed E-state index contributed by atoms with van der Waals surface area (Å²) in [5, 5.41) is 3.14. The van der Waals surface area contributed by atoms with E-state index < -0.39 is 0 Å². The van der Waals surface area contributed by atoms with Gasteiger partial charge in [0.1, 0.15) is 11.9 Å². The summed E-state index contributed by atoms with van der Waals surface area (Å²) in [5.41, 5.74) is 2.30. The van der Waals surface area contributed by atoms with Crippen LogP contribution in [0.1, 0.15) is 17.4 Å². The second-order valence-corrected chi connectivity index (χ2v) is 6.54. The number of rotatable bonds is 6. The van der Waals surface area contributed by atoms with Crippen LogP contribution in [0.3, 0.4) is 0 Å². The predicted molar refractivity (Wildman–Crippen MR) is 105 cm³/mol. The molecule has 6 heteroatoms. The fraction of sp³-hybridized carbons (Fsp3) is 0.286. The van der Waals surface area contributed by atoms with Gasteiger partial charge in [-0.1, -0.05) is 36.4 Å². The zero-order valence-electron chi connectivity index (χ0n) is 15.2. The first-order valence-corrected chi connectivity index (χ1v) is 9.26. The van der Waals surface area contributed by atoms with Gasteiger partial charge in [-0.25, -0.2) is 15.0 Å². The van der Waals surface area contributed by atoms with E-state index in [9.17, 15) is 0 Å². The molecule has 0 radical (unpaired) electrons. The average Bonchev–Trinajstić information content (AvgIpc) is 2.74. The summed E-state index contributed by atoms with van der Waals surface area (Å²) in [6.45, 7) is 3.56. The molecule has 6 nitrogen and oxygen atoms in total. The highest BCUT2D eigenvalue weighted by Gasteiger charge is 2.23. The Hall–Kier alpha value is -2.83. The van der Waals surface area contributed by atoms with E-state index >= 15 is 0 Å². The maximum Gasteiger partial charge on any atom is 0.228 e. The Kier molecular flexibility index (Phi) is 5.67. The van der Waals surface area contributed by atoms with Crippen LogP contribution in [0.2, 0.25) is 0 Å². The summed E-state index contributed by atoms with van der Waals surface area (Å²) >= 11 is 0. The molecule has 0 amide bonds. The summed E-state index contributed by atoms with van der Waals surface area (Å²) in [5.74, 6) is 1.26. The Morgan fingerprint density at radius 2 is 1.85 bits per heavy atom. The van der Waals surface area contributed by atoms with Crippen LogP contribution in [-0.2, 0) is 11.2 Å². The van der Waals surface area contributed by atoms with Gasteiger partial charge in [-0.2, -0.15) is 0 Å². The normalized spacial score (nSPS) is 17.6. The van der Waals surface area contributed by atoms with Crippen molar-refractivity contribution in [2.75, 3.05) is 31.6 Å². The van der Waals surface area contributed by atoms with Crippen molar-refractivity contribution in [2.24, 2.45) is 0 Å². The molecule has 0 saturated carbocycles. The van der Waals surface area contributed by atoms with Gasteiger partial charge in [0.25, 0.3) is 0 Å². The molecule has 1 unspecified atom stereocenters. The van der Waals surface area contributed by atoms with Gasteiger partial charge in [0, 0.05) is 32.0 Å². The third-order valence-corrected chi connectivity index (χ3v) is 4.62. The number of morpholine rings is 1. The van der Waals surface area contributed by atoms with Crippen LogP contribution in [0.5, 0.6) is 0 Å². The van der Waals surface area contributed by atoms with Crippen LogP contribution in [0, 0.1) is 0 Å². The zero-order chi connectivity index (χ0) is 18.3. The van der Waals surface area contributed by atoms with Crippen molar-refractivity contribution in [3.63, 3.8) is 0 Å². The maximum absolute atomic E-state index is 5.99. The van der Waals surface area contributed by atoms with Gasteiger partial charge in [0.2, 0.25) is 5.95 Å². The molecule has 2 aromatic heterocycles. The van der Waals surface area contributed by atoms with Gasteiger partial charge < -0.3 is 10.1 Å². The lowest BCUT2D eigenvalue weighted by molar-refractivity contribution is -0.0315. The van der Waals surface area contributed by atoms with Crippen molar-refractivity contribution in [2.45, 2.75) is 12.5 Å². The predicted octanol–water partition coefficient (Wildman–Crippen LogP) is 3.23. The molecule has 4 rings (SSSR count). The molecule has 1 aliphatic rings. The number of nitrogens with zero attached hydrogens (tertiary/aromatic N) is 4. The number of hydrogen-bond donors (Lipinski definition) is 1. The smallest absolute Gasteiger partial charge is 0.228 e. The topological polar surface area (TPSA) is 63.2 Å². The Bertz CT molecular complexity index is 843. The Labute approximate surface area is 159 Å². The first-order valence-electron chi connectivity index (χ1n) is 9.26. The lowest BCUT2D eigenvalue weighted by atomic mass is 10.1. The molecule has 27 heavy (non-hydrogen) atoms. The quantitative estimate of drug-likeness (QED) is 0.727. The highest BCUT2D eigenvalue weighted by molar-refractivity contribution is 5.47. The highest BCUT2D eigenvalue weighted by atomic mass is 16.5. The Morgan fingerprint density at radius 1 is 1.00 bits per heavy atom. The molecule has 3 heterocycles. The molecular weight excluding hydrogens is 338 g/mol. The number of hydrogen-bond acceptors (Lipinski definition) is 6. The van der Waals surface area contributed by atoms with Gasteiger partial charge >= 0.3 is 0 Å². The van der Waals surface area contributed by atoms with Crippen molar-refractivity contribution in [1.29, 1.82) is 0 Å². The first kappa shape index (κ1) is 17.6. The average molecular weight is 361 g/mol. The van der Waals surface area contributed by atoms with E-state index in [2.05, 4.69) is 50.5 Å². The number of anilines is 2. The maximum atomic E-state index is 5.99. The van der Waals surface area contributed by atoms with E-state index in [0.29, 0.717) is 5.95 Å². The van der Waals surface area contributed by atoms with Gasteiger partial charge in [0.15, 0.2) is 0 Å². The van der Waals surface area contributed by atoms with Crippen molar-refractivity contribution in [1.82, 2.24) is 19.9 Å². The number of benzene rings is 1. The third kappa shape index (κ3) is 4.87. The minimum absolute atomic E-state index is 0.0204. The van der Waals surface area contributed by atoms with E-state index in [1.807, 2.05) is 18.2 Å². The second-order valence-electron chi connectivity index (χ2n) is 6.54. The summed E-state index contributed by atoms with van der Waals surface area (Å²) < 4.78 is 5.99. The minimum Gasteiger partial charge on any atom is -0.369 e. The molecule has 3 aromatic rings. The van der Waals surface area contributed by atoms with E-state index in [1.165, 1.54) is 5.56 Å². The van der Waals surface area contributed by atoms with Gasteiger partial charge in [-0.15, -0.1) is 0 Å². The SMILES string of the molecule is c1ccc(CCN2CCOC(c3cccc(Nc4ncccn4)n3)C2)cc1. The summed E-state index contributed by atoms with van der Waals surface area (Å²) in [6, 6.07) is 18.3. The molecule has 1 aliphatic heterocycles. The molecule has 1 fully saturated rings. The first-order chi connectivity index (χ1) is 13.4. The van der Waals surface area contributed by atoms with Crippen LogP contribution in [0.4, 0.5) is 11.8 Å². The number of pyridine rings is 1. The summed E-state index contributed by atoms with van der Waals surface area (Å²) in [4.78, 5) is 15.5. The summed E-state index contributed by atoms with van der Waals surface area (Å²) in [6.07, 6.45) is 4.43. The lowest BCUT2D eigenvalue weighted by Crippen LogP contribution is -2.39. The van der Waals surface area contributed by atoms with Gasteiger partial charge in [-0.3, -0.25) is 4.90 Å². The Morgan fingerprint density at radius 3 is 2.70 bits per heavy atom. The number of ether oxygens (including phenoxy) is 1. The van der Waals surface area contributed by atoms with Crippen LogP contribution in [-0.4, -0.2) is 46.1 Å². The van der Waals surface area contributed by atoms with Crippen LogP contribution in [0.15, 0.2) is 67.0 Å². The van der Waals surface area contributed by atoms with Gasteiger partial charge in [-0.05, 0) is 30.2 Å². The molecular formula is C21H23N5O. The van der Waals surface area contributed by atoms with Crippen molar-refractivity contribution >= 4 is 11.8 Å². The van der Waals surface area contributed by atoms with E-state index in [-0.39, 0.29) is 6.10 Å². The van der Waals surface area contributed by atoms with Crippen LogP contribution >= 0.6 is 0 Å². The van der Waals surface area contributed by atoms with Crippen LogP contribution < -0.4 is 5.32 Å². The standard InChI is InChI=1S/C21H23N5O/c1-2-6-17(7-3-1)10-13-26-14-15-27-19(16-26)18-8-4-9-20(24-18)25-21-22-11-5-12-23-21/h1-9,11-12,19H,10,13-16H2,(H,22,23,24,25). The lowest BCUT2D eigenvalue weighted by Gasteiger charge is -2.32. The fourth-order valence-electron chi connectivity index (χ4n) is 3.20. The molecule has 138 valence electrons. The van der Waals surface area contributed by atoms with Crippen molar-refractivity contribution in [3.8, 4) is 0 Å². The number of aromatic nitrogens is 3.